The summed E-state index contributed by atoms with van der Waals surface area (Å²) < 4.78 is 11.0. The minimum Gasteiger partial charge on any atom is -0.493 e. The van der Waals surface area contributed by atoms with Gasteiger partial charge in [-0.3, -0.25) is 4.79 Å². The number of aromatic nitrogens is 1. The molecule has 2 aromatic rings. The van der Waals surface area contributed by atoms with Crippen LogP contribution in [0.1, 0.15) is 17.3 Å². The number of para-hydroxylation sites is 2. The van der Waals surface area contributed by atoms with E-state index in [2.05, 4.69) is 10.3 Å². The van der Waals surface area contributed by atoms with E-state index >= 15 is 0 Å². The maximum Gasteiger partial charge on any atom is 0.251 e. The van der Waals surface area contributed by atoms with Crippen molar-refractivity contribution in [1.29, 1.82) is 0 Å². The highest BCUT2D eigenvalue weighted by Crippen LogP contribution is 2.26. The van der Waals surface area contributed by atoms with E-state index in [-0.39, 0.29) is 17.2 Å². The van der Waals surface area contributed by atoms with Crippen molar-refractivity contribution < 1.29 is 14.3 Å². The number of carbonyl (C=O) groups is 1. The highest BCUT2D eigenvalue weighted by atomic mass is 35.5. The van der Waals surface area contributed by atoms with Crippen LogP contribution in [0.25, 0.3) is 0 Å². The van der Waals surface area contributed by atoms with Gasteiger partial charge in [-0.2, -0.15) is 0 Å². The number of amides is 1. The van der Waals surface area contributed by atoms with Crippen LogP contribution >= 0.6 is 11.6 Å². The van der Waals surface area contributed by atoms with Crippen molar-refractivity contribution in [1.82, 2.24) is 10.3 Å². The number of methoxy groups -OCH3 is 1. The van der Waals surface area contributed by atoms with Gasteiger partial charge in [0.2, 0.25) is 0 Å². The Morgan fingerprint density at radius 1 is 1.32 bits per heavy atom. The number of ether oxygens (including phenoxy) is 2. The number of halogens is 1. The number of nitrogens with zero attached hydrogens (tertiary/aromatic N) is 1. The standard InChI is InChI=1S/C16H17ClN2O3/c1-11(22-14-6-4-3-5-13(14)21-2)10-19-16(20)12-7-8-18-15(17)9-12/h3-9,11H,10H2,1-2H3,(H,19,20)/t11-/m1/s1. The Labute approximate surface area is 134 Å². The Morgan fingerprint density at radius 3 is 2.73 bits per heavy atom. The van der Waals surface area contributed by atoms with Crippen LogP contribution in [0, 0.1) is 0 Å². The summed E-state index contributed by atoms with van der Waals surface area (Å²) in [7, 11) is 1.59. The predicted octanol–water partition coefficient (Wildman–Crippen LogP) is 2.94. The summed E-state index contributed by atoms with van der Waals surface area (Å²) in [5, 5.41) is 3.08. The number of hydrogen-bond acceptors (Lipinski definition) is 4. The van der Waals surface area contributed by atoms with Crippen molar-refractivity contribution >= 4 is 17.5 Å². The molecule has 1 aromatic heterocycles. The van der Waals surface area contributed by atoms with Gasteiger partial charge in [-0.15, -0.1) is 0 Å². The Balaban J connectivity index is 1.90. The molecule has 1 aromatic carbocycles. The van der Waals surface area contributed by atoms with E-state index in [0.29, 0.717) is 23.6 Å². The second kappa shape index (κ2) is 7.66. The van der Waals surface area contributed by atoms with Gasteiger partial charge in [0, 0.05) is 11.8 Å². The van der Waals surface area contributed by atoms with Crippen LogP contribution in [-0.2, 0) is 0 Å². The Bertz CT molecular complexity index is 649. The molecule has 1 N–H and O–H groups in total. The average Bonchev–Trinajstić information content (AvgIpc) is 2.53. The molecular weight excluding hydrogens is 304 g/mol. The third kappa shape index (κ3) is 4.36. The van der Waals surface area contributed by atoms with Crippen LogP contribution in [0.2, 0.25) is 5.15 Å². The zero-order chi connectivity index (χ0) is 15.9. The molecule has 0 spiro atoms. The lowest BCUT2D eigenvalue weighted by Gasteiger charge is -2.17. The highest BCUT2D eigenvalue weighted by molar-refractivity contribution is 6.29. The van der Waals surface area contributed by atoms with Gasteiger partial charge in [0.25, 0.3) is 5.91 Å². The summed E-state index contributed by atoms with van der Waals surface area (Å²) in [4.78, 5) is 15.8. The number of pyridine rings is 1. The fraction of sp³-hybridized carbons (Fsp3) is 0.250. The molecule has 0 radical (unpaired) electrons. The molecule has 0 fully saturated rings. The minimum absolute atomic E-state index is 0.211. The summed E-state index contributed by atoms with van der Waals surface area (Å²) in [5.74, 6) is 1.07. The maximum absolute atomic E-state index is 12.0. The molecule has 22 heavy (non-hydrogen) atoms. The van der Waals surface area contributed by atoms with E-state index in [9.17, 15) is 4.79 Å². The second-order valence-corrected chi connectivity index (χ2v) is 5.04. The molecule has 0 aliphatic carbocycles. The van der Waals surface area contributed by atoms with E-state index in [4.69, 9.17) is 21.1 Å². The normalized spacial score (nSPS) is 11.6. The van der Waals surface area contributed by atoms with Crippen LogP contribution in [-0.4, -0.2) is 30.6 Å². The fourth-order valence-corrected chi connectivity index (χ4v) is 2.03. The van der Waals surface area contributed by atoms with Crippen LogP contribution in [0.5, 0.6) is 11.5 Å². The molecule has 0 saturated heterocycles. The molecule has 1 atom stereocenters. The zero-order valence-corrected chi connectivity index (χ0v) is 13.1. The van der Waals surface area contributed by atoms with E-state index < -0.39 is 0 Å². The summed E-state index contributed by atoms with van der Waals surface area (Å²) in [5.41, 5.74) is 0.462. The molecule has 6 heteroatoms. The molecule has 0 bridgehead atoms. The zero-order valence-electron chi connectivity index (χ0n) is 12.4. The third-order valence-corrected chi connectivity index (χ3v) is 3.14. The van der Waals surface area contributed by atoms with E-state index in [1.165, 1.54) is 12.3 Å². The molecule has 0 saturated carbocycles. The van der Waals surface area contributed by atoms with Crippen molar-refractivity contribution in [3.05, 3.63) is 53.3 Å². The maximum atomic E-state index is 12.0. The summed E-state index contributed by atoms with van der Waals surface area (Å²) in [6.45, 7) is 2.23. The average molecular weight is 321 g/mol. The first-order valence-electron chi connectivity index (χ1n) is 6.79. The number of benzene rings is 1. The molecule has 0 aliphatic rings. The van der Waals surface area contributed by atoms with Gasteiger partial charge in [-0.1, -0.05) is 23.7 Å². The quantitative estimate of drug-likeness (QED) is 0.831. The molecular formula is C16H17ClN2O3. The fourth-order valence-electron chi connectivity index (χ4n) is 1.86. The van der Waals surface area contributed by atoms with Crippen LogP contribution < -0.4 is 14.8 Å². The number of rotatable bonds is 6. The van der Waals surface area contributed by atoms with Gasteiger partial charge in [-0.05, 0) is 31.2 Å². The molecule has 0 aliphatic heterocycles. The smallest absolute Gasteiger partial charge is 0.251 e. The van der Waals surface area contributed by atoms with Crippen molar-refractivity contribution in [3.63, 3.8) is 0 Å². The monoisotopic (exact) mass is 320 g/mol. The van der Waals surface area contributed by atoms with E-state index in [1.807, 2.05) is 31.2 Å². The van der Waals surface area contributed by atoms with E-state index in [0.717, 1.165) is 0 Å². The van der Waals surface area contributed by atoms with Gasteiger partial charge >= 0.3 is 0 Å². The first kappa shape index (κ1) is 16.1. The number of nitrogens with one attached hydrogen (secondary N) is 1. The topological polar surface area (TPSA) is 60.5 Å². The summed E-state index contributed by atoms with van der Waals surface area (Å²) in [6, 6.07) is 10.5. The van der Waals surface area contributed by atoms with Crippen LogP contribution in [0.3, 0.4) is 0 Å². The van der Waals surface area contributed by atoms with Crippen LogP contribution in [0.4, 0.5) is 0 Å². The first-order valence-corrected chi connectivity index (χ1v) is 7.17. The molecule has 1 amide bonds. The van der Waals surface area contributed by atoms with Gasteiger partial charge in [-0.25, -0.2) is 4.98 Å². The highest BCUT2D eigenvalue weighted by Gasteiger charge is 2.11. The van der Waals surface area contributed by atoms with Gasteiger partial charge < -0.3 is 14.8 Å². The van der Waals surface area contributed by atoms with Crippen molar-refractivity contribution in [2.24, 2.45) is 0 Å². The predicted molar refractivity (Wildman–Crippen MR) is 84.7 cm³/mol. The molecule has 2 rings (SSSR count). The van der Waals surface area contributed by atoms with Crippen LogP contribution in [0.15, 0.2) is 42.6 Å². The van der Waals surface area contributed by atoms with Gasteiger partial charge in [0.1, 0.15) is 11.3 Å². The van der Waals surface area contributed by atoms with Crippen molar-refractivity contribution in [2.45, 2.75) is 13.0 Å². The number of carbonyl (C=O) groups excluding carboxylic acids is 1. The molecule has 116 valence electrons. The van der Waals surface area contributed by atoms with Crippen molar-refractivity contribution in [2.75, 3.05) is 13.7 Å². The Morgan fingerprint density at radius 2 is 2.05 bits per heavy atom. The van der Waals surface area contributed by atoms with E-state index in [1.54, 1.807) is 13.2 Å². The van der Waals surface area contributed by atoms with Gasteiger partial charge in [0.15, 0.2) is 11.5 Å². The molecule has 0 unspecified atom stereocenters. The largest absolute Gasteiger partial charge is 0.493 e. The number of hydrogen-bond donors (Lipinski definition) is 1. The lowest BCUT2D eigenvalue weighted by molar-refractivity contribution is 0.0931. The second-order valence-electron chi connectivity index (χ2n) is 4.66. The Hall–Kier alpha value is -2.27. The van der Waals surface area contributed by atoms with Crippen molar-refractivity contribution in [3.8, 4) is 11.5 Å². The first-order chi connectivity index (χ1) is 10.6. The minimum atomic E-state index is -0.222. The molecule has 5 nitrogen and oxygen atoms in total. The lowest BCUT2D eigenvalue weighted by Crippen LogP contribution is -2.33. The summed E-state index contributed by atoms with van der Waals surface area (Å²) >= 11 is 5.76. The lowest BCUT2D eigenvalue weighted by atomic mass is 10.2. The molecule has 1 heterocycles. The summed E-state index contributed by atoms with van der Waals surface area (Å²) in [6.07, 6.45) is 1.28. The Kier molecular flexibility index (Phi) is 5.61. The van der Waals surface area contributed by atoms with Gasteiger partial charge in [0.05, 0.1) is 13.7 Å². The SMILES string of the molecule is COc1ccccc1O[C@H](C)CNC(=O)c1ccnc(Cl)c1. The third-order valence-electron chi connectivity index (χ3n) is 2.94.